The predicted octanol–water partition coefficient (Wildman–Crippen LogP) is 5.32. The van der Waals surface area contributed by atoms with Crippen molar-refractivity contribution in [1.82, 2.24) is 19.5 Å². The molecule has 0 saturated carbocycles. The maximum atomic E-state index is 12.8. The zero-order chi connectivity index (χ0) is 20.8. The highest BCUT2D eigenvalue weighted by Crippen LogP contribution is 2.30. The van der Waals surface area contributed by atoms with Gasteiger partial charge in [-0.2, -0.15) is 4.98 Å². The molecule has 0 fully saturated rings. The lowest BCUT2D eigenvalue weighted by Gasteiger charge is -2.26. The first-order valence-corrected chi connectivity index (χ1v) is 10.9. The molecule has 1 aliphatic rings. The number of hydrogen-bond donors (Lipinski definition) is 1. The molecule has 4 aromatic rings. The SMILES string of the molecule is Cc1ccc(NC(=O)N2CCc3c(sc4nc(-c5ccc(Cl)cc5)nn34)C2)cc1C. The van der Waals surface area contributed by atoms with Crippen molar-refractivity contribution in [3.63, 3.8) is 0 Å². The van der Waals surface area contributed by atoms with Crippen LogP contribution in [0.3, 0.4) is 0 Å². The van der Waals surface area contributed by atoms with Gasteiger partial charge < -0.3 is 10.2 Å². The number of aryl methyl sites for hydroxylation is 2. The molecule has 1 aliphatic heterocycles. The molecule has 2 amide bonds. The second kappa shape index (κ2) is 7.41. The van der Waals surface area contributed by atoms with Crippen LogP contribution in [-0.4, -0.2) is 32.1 Å². The van der Waals surface area contributed by atoms with Gasteiger partial charge in [0, 0.05) is 34.1 Å². The molecule has 8 heteroatoms. The van der Waals surface area contributed by atoms with Crippen LogP contribution >= 0.6 is 22.9 Å². The number of urea groups is 1. The lowest BCUT2D eigenvalue weighted by molar-refractivity contribution is 0.206. The van der Waals surface area contributed by atoms with E-state index in [0.29, 0.717) is 23.9 Å². The van der Waals surface area contributed by atoms with E-state index in [-0.39, 0.29) is 6.03 Å². The number of nitrogens with zero attached hydrogens (tertiary/aromatic N) is 4. The second-order valence-electron chi connectivity index (χ2n) is 7.51. The van der Waals surface area contributed by atoms with Crippen LogP contribution in [0.2, 0.25) is 5.02 Å². The zero-order valence-corrected chi connectivity index (χ0v) is 18.2. The molecule has 0 radical (unpaired) electrons. The smallest absolute Gasteiger partial charge is 0.319 e. The average molecular weight is 438 g/mol. The average Bonchev–Trinajstić information content (AvgIpc) is 3.28. The van der Waals surface area contributed by atoms with Crippen molar-refractivity contribution >= 4 is 39.6 Å². The van der Waals surface area contributed by atoms with Gasteiger partial charge in [-0.15, -0.1) is 5.10 Å². The van der Waals surface area contributed by atoms with Crippen molar-refractivity contribution in [2.75, 3.05) is 11.9 Å². The van der Waals surface area contributed by atoms with E-state index in [0.717, 1.165) is 38.8 Å². The van der Waals surface area contributed by atoms with Crippen LogP contribution in [0, 0.1) is 13.8 Å². The minimum absolute atomic E-state index is 0.0789. The van der Waals surface area contributed by atoms with Crippen LogP contribution in [0.25, 0.3) is 16.3 Å². The number of anilines is 1. The quantitative estimate of drug-likeness (QED) is 0.461. The molecule has 2 aromatic carbocycles. The van der Waals surface area contributed by atoms with Gasteiger partial charge in [0.05, 0.1) is 12.2 Å². The third-order valence-electron chi connectivity index (χ3n) is 5.47. The Kier molecular flexibility index (Phi) is 4.72. The normalized spacial score (nSPS) is 13.5. The Labute approximate surface area is 183 Å². The Morgan fingerprint density at radius 1 is 1.13 bits per heavy atom. The fourth-order valence-corrected chi connectivity index (χ4v) is 4.85. The minimum atomic E-state index is -0.0789. The number of fused-ring (bicyclic) bond motifs is 3. The number of hydrogen-bond acceptors (Lipinski definition) is 4. The molecule has 2 aromatic heterocycles. The largest absolute Gasteiger partial charge is 0.322 e. The van der Waals surface area contributed by atoms with Gasteiger partial charge >= 0.3 is 6.03 Å². The molecule has 1 N–H and O–H groups in total. The number of nitrogens with one attached hydrogen (secondary N) is 1. The Balaban J connectivity index is 1.35. The monoisotopic (exact) mass is 437 g/mol. The van der Waals surface area contributed by atoms with Crippen LogP contribution in [0.4, 0.5) is 10.5 Å². The molecule has 0 aliphatic carbocycles. The van der Waals surface area contributed by atoms with E-state index in [2.05, 4.69) is 17.2 Å². The van der Waals surface area contributed by atoms with Crippen LogP contribution in [-0.2, 0) is 13.0 Å². The number of thiazole rings is 1. The maximum absolute atomic E-state index is 12.8. The molecule has 0 atom stereocenters. The fraction of sp³-hybridized carbons (Fsp3) is 0.227. The summed E-state index contributed by atoms with van der Waals surface area (Å²) in [4.78, 5) is 21.3. The third-order valence-corrected chi connectivity index (χ3v) is 6.78. The summed E-state index contributed by atoms with van der Waals surface area (Å²) in [6.07, 6.45) is 0.749. The summed E-state index contributed by atoms with van der Waals surface area (Å²) in [5.41, 5.74) is 5.27. The number of rotatable bonds is 2. The van der Waals surface area contributed by atoms with Gasteiger partial charge in [0.1, 0.15) is 0 Å². The number of carbonyl (C=O) groups is 1. The Bertz CT molecular complexity index is 1260. The van der Waals surface area contributed by atoms with E-state index in [9.17, 15) is 4.79 Å². The predicted molar refractivity (Wildman–Crippen MR) is 120 cm³/mol. The number of benzene rings is 2. The molecule has 152 valence electrons. The van der Waals surface area contributed by atoms with Crippen molar-refractivity contribution in [3.8, 4) is 11.4 Å². The minimum Gasteiger partial charge on any atom is -0.319 e. The zero-order valence-electron chi connectivity index (χ0n) is 16.6. The van der Waals surface area contributed by atoms with Gasteiger partial charge in [-0.05, 0) is 61.4 Å². The van der Waals surface area contributed by atoms with E-state index in [1.54, 1.807) is 11.3 Å². The summed E-state index contributed by atoms with van der Waals surface area (Å²) < 4.78 is 1.92. The molecular weight excluding hydrogens is 418 g/mol. The molecular formula is C22H20ClN5OS. The lowest BCUT2D eigenvalue weighted by atomic mass is 10.1. The van der Waals surface area contributed by atoms with Crippen LogP contribution in [0.15, 0.2) is 42.5 Å². The lowest BCUT2D eigenvalue weighted by Crippen LogP contribution is -2.38. The molecule has 0 unspecified atom stereocenters. The fourth-order valence-electron chi connectivity index (χ4n) is 3.61. The third kappa shape index (κ3) is 3.44. The van der Waals surface area contributed by atoms with Gasteiger partial charge in [-0.3, -0.25) is 0 Å². The maximum Gasteiger partial charge on any atom is 0.322 e. The molecule has 3 heterocycles. The van der Waals surface area contributed by atoms with Crippen LogP contribution < -0.4 is 5.32 Å². The van der Waals surface area contributed by atoms with Crippen molar-refractivity contribution in [2.45, 2.75) is 26.8 Å². The Hall–Kier alpha value is -2.90. The van der Waals surface area contributed by atoms with Gasteiger partial charge in [-0.1, -0.05) is 29.0 Å². The number of carbonyl (C=O) groups excluding carboxylic acids is 1. The highest BCUT2D eigenvalue weighted by atomic mass is 35.5. The molecule has 5 rings (SSSR count). The first-order valence-electron chi connectivity index (χ1n) is 9.74. The van der Waals surface area contributed by atoms with Gasteiger partial charge in [0.15, 0.2) is 5.82 Å². The van der Waals surface area contributed by atoms with Crippen LogP contribution in [0.1, 0.15) is 21.7 Å². The number of aromatic nitrogens is 3. The van der Waals surface area contributed by atoms with Crippen molar-refractivity contribution in [3.05, 3.63) is 69.2 Å². The van der Waals surface area contributed by atoms with Crippen molar-refractivity contribution in [1.29, 1.82) is 0 Å². The number of halogens is 1. The van der Waals surface area contributed by atoms with E-state index in [1.807, 2.05) is 58.8 Å². The van der Waals surface area contributed by atoms with Gasteiger partial charge in [-0.25, -0.2) is 9.31 Å². The first kappa shape index (κ1) is 19.1. The first-order chi connectivity index (χ1) is 14.5. The summed E-state index contributed by atoms with van der Waals surface area (Å²) in [5, 5.41) is 8.40. The topological polar surface area (TPSA) is 62.5 Å². The summed E-state index contributed by atoms with van der Waals surface area (Å²) in [5.74, 6) is 0.690. The highest BCUT2D eigenvalue weighted by Gasteiger charge is 2.26. The summed E-state index contributed by atoms with van der Waals surface area (Å²) in [6, 6.07) is 13.4. The standard InChI is InChI=1S/C22H20ClN5OS/c1-13-3-8-17(11-14(13)2)24-21(29)27-10-9-18-19(12-27)30-22-25-20(26-28(18)22)15-4-6-16(23)7-5-15/h3-8,11H,9-10,12H2,1-2H3,(H,24,29). The van der Waals surface area contributed by atoms with Crippen LogP contribution in [0.5, 0.6) is 0 Å². The van der Waals surface area contributed by atoms with Crippen molar-refractivity contribution < 1.29 is 4.79 Å². The van der Waals surface area contributed by atoms with E-state index in [1.165, 1.54) is 5.56 Å². The molecule has 0 bridgehead atoms. The van der Waals surface area contributed by atoms with E-state index in [4.69, 9.17) is 16.7 Å². The Morgan fingerprint density at radius 2 is 1.93 bits per heavy atom. The molecule has 0 saturated heterocycles. The van der Waals surface area contributed by atoms with Gasteiger partial charge in [0.2, 0.25) is 4.96 Å². The molecule has 30 heavy (non-hydrogen) atoms. The summed E-state index contributed by atoms with van der Waals surface area (Å²) in [6.45, 7) is 5.32. The number of amides is 2. The van der Waals surface area contributed by atoms with Gasteiger partial charge in [0.25, 0.3) is 0 Å². The summed E-state index contributed by atoms with van der Waals surface area (Å²) in [7, 11) is 0. The van der Waals surface area contributed by atoms with Crippen molar-refractivity contribution in [2.24, 2.45) is 0 Å². The molecule has 0 spiro atoms. The second-order valence-corrected chi connectivity index (χ2v) is 9.01. The van der Waals surface area contributed by atoms with E-state index >= 15 is 0 Å². The Morgan fingerprint density at radius 3 is 2.70 bits per heavy atom. The highest BCUT2D eigenvalue weighted by molar-refractivity contribution is 7.17. The van der Waals surface area contributed by atoms with E-state index < -0.39 is 0 Å². The molecule has 6 nitrogen and oxygen atoms in total. The summed E-state index contributed by atoms with van der Waals surface area (Å²) >= 11 is 7.57.